The Kier molecular flexibility index (Phi) is 5.88. The van der Waals surface area contributed by atoms with E-state index in [0.29, 0.717) is 29.6 Å². The highest BCUT2D eigenvalue weighted by molar-refractivity contribution is 6.03. The van der Waals surface area contributed by atoms with Crippen LogP contribution in [0.5, 0.6) is 0 Å². The van der Waals surface area contributed by atoms with Crippen LogP contribution < -0.4 is 5.32 Å². The number of aromatic amines is 1. The zero-order valence-corrected chi connectivity index (χ0v) is 16.1. The van der Waals surface area contributed by atoms with E-state index in [0.717, 1.165) is 12.1 Å². The van der Waals surface area contributed by atoms with Crippen molar-refractivity contribution in [2.24, 2.45) is 5.92 Å². The number of anilines is 1. The lowest BCUT2D eigenvalue weighted by Crippen LogP contribution is -2.12. The normalized spacial score (nSPS) is 10.9. The van der Waals surface area contributed by atoms with Gasteiger partial charge in [0.05, 0.1) is 12.3 Å². The lowest BCUT2D eigenvalue weighted by Gasteiger charge is -2.06. The standard InChI is InChI=1S/C20H23N5O3/c1-4-28-20(27)17-8-9-25(24-17)16-7-5-6-14(11-16)21-19(26)18-12-15(22-23-18)10-13(2)3/h5-9,11-13H,4,10H2,1-3H3,(H,21,26)(H,22,23). The first-order valence-corrected chi connectivity index (χ1v) is 9.15. The zero-order valence-electron chi connectivity index (χ0n) is 16.1. The second kappa shape index (κ2) is 8.51. The molecule has 0 aliphatic rings. The monoisotopic (exact) mass is 381 g/mol. The van der Waals surface area contributed by atoms with E-state index in [-0.39, 0.29) is 11.6 Å². The van der Waals surface area contributed by atoms with Gasteiger partial charge in [0.2, 0.25) is 0 Å². The number of esters is 1. The SMILES string of the molecule is CCOC(=O)c1ccn(-c2cccc(NC(=O)c3cc(CC(C)C)[nH]n3)c2)n1. The average Bonchev–Trinajstić information content (AvgIpc) is 3.31. The van der Waals surface area contributed by atoms with Gasteiger partial charge in [-0.2, -0.15) is 10.2 Å². The molecule has 0 spiro atoms. The molecule has 0 aliphatic heterocycles. The number of aromatic nitrogens is 4. The highest BCUT2D eigenvalue weighted by atomic mass is 16.5. The number of hydrogen-bond donors (Lipinski definition) is 2. The fraction of sp³-hybridized carbons (Fsp3) is 0.300. The fourth-order valence-corrected chi connectivity index (χ4v) is 2.73. The molecule has 0 radical (unpaired) electrons. The predicted molar refractivity (Wildman–Crippen MR) is 105 cm³/mol. The number of H-pyrrole nitrogens is 1. The van der Waals surface area contributed by atoms with Gasteiger partial charge in [-0.3, -0.25) is 9.89 Å². The molecule has 3 rings (SSSR count). The van der Waals surface area contributed by atoms with Crippen LogP contribution in [0.1, 0.15) is 47.4 Å². The summed E-state index contributed by atoms with van der Waals surface area (Å²) in [5.74, 6) is -0.292. The van der Waals surface area contributed by atoms with Gasteiger partial charge in [0, 0.05) is 17.6 Å². The van der Waals surface area contributed by atoms with E-state index in [1.54, 1.807) is 48.1 Å². The van der Waals surface area contributed by atoms with Crippen molar-refractivity contribution in [2.45, 2.75) is 27.2 Å². The van der Waals surface area contributed by atoms with Gasteiger partial charge >= 0.3 is 5.97 Å². The molecule has 0 fully saturated rings. The first kappa shape index (κ1) is 19.3. The summed E-state index contributed by atoms with van der Waals surface area (Å²) >= 11 is 0. The summed E-state index contributed by atoms with van der Waals surface area (Å²) < 4.78 is 6.50. The molecule has 0 bridgehead atoms. The summed E-state index contributed by atoms with van der Waals surface area (Å²) in [4.78, 5) is 24.2. The molecule has 28 heavy (non-hydrogen) atoms. The topological polar surface area (TPSA) is 102 Å². The summed E-state index contributed by atoms with van der Waals surface area (Å²) in [6, 6.07) is 10.5. The number of rotatable bonds is 7. The van der Waals surface area contributed by atoms with Crippen LogP contribution in [0.25, 0.3) is 5.69 Å². The minimum atomic E-state index is -0.471. The van der Waals surface area contributed by atoms with Crippen LogP contribution in [-0.2, 0) is 11.2 Å². The lowest BCUT2D eigenvalue weighted by atomic mass is 10.1. The molecule has 2 aromatic heterocycles. The van der Waals surface area contributed by atoms with Gasteiger partial charge in [0.15, 0.2) is 11.4 Å². The first-order valence-electron chi connectivity index (χ1n) is 9.15. The molecule has 0 atom stereocenters. The van der Waals surface area contributed by atoms with E-state index in [4.69, 9.17) is 4.74 Å². The number of ether oxygens (including phenoxy) is 1. The molecule has 0 aliphatic carbocycles. The van der Waals surface area contributed by atoms with Crippen molar-refractivity contribution >= 4 is 17.6 Å². The van der Waals surface area contributed by atoms with Crippen molar-refractivity contribution in [1.82, 2.24) is 20.0 Å². The molecule has 2 heterocycles. The number of nitrogens with one attached hydrogen (secondary N) is 2. The van der Waals surface area contributed by atoms with Crippen LogP contribution in [-0.4, -0.2) is 38.5 Å². The van der Waals surface area contributed by atoms with Crippen molar-refractivity contribution in [1.29, 1.82) is 0 Å². The number of carbonyl (C=O) groups excluding carboxylic acids is 2. The van der Waals surface area contributed by atoms with Crippen molar-refractivity contribution in [3.63, 3.8) is 0 Å². The minimum absolute atomic E-state index is 0.227. The molecule has 0 saturated carbocycles. The van der Waals surface area contributed by atoms with Gasteiger partial charge in [-0.05, 0) is 49.6 Å². The van der Waals surface area contributed by atoms with Gasteiger partial charge in [0.1, 0.15) is 0 Å². The zero-order chi connectivity index (χ0) is 20.1. The summed E-state index contributed by atoms with van der Waals surface area (Å²) in [7, 11) is 0. The van der Waals surface area contributed by atoms with Crippen molar-refractivity contribution < 1.29 is 14.3 Å². The maximum Gasteiger partial charge on any atom is 0.358 e. The predicted octanol–water partition coefficient (Wildman–Crippen LogP) is 3.22. The first-order chi connectivity index (χ1) is 13.5. The average molecular weight is 381 g/mol. The van der Waals surface area contributed by atoms with Crippen LogP contribution in [0, 0.1) is 5.92 Å². The molecule has 2 N–H and O–H groups in total. The van der Waals surface area contributed by atoms with Crippen LogP contribution in [0.4, 0.5) is 5.69 Å². The summed E-state index contributed by atoms with van der Waals surface area (Å²) in [5, 5.41) is 14.0. The molecule has 3 aromatic rings. The molecule has 0 unspecified atom stereocenters. The summed E-state index contributed by atoms with van der Waals surface area (Å²) in [6.07, 6.45) is 2.50. The second-order valence-electron chi connectivity index (χ2n) is 6.75. The van der Waals surface area contributed by atoms with Gasteiger partial charge in [-0.1, -0.05) is 19.9 Å². The quantitative estimate of drug-likeness (QED) is 0.612. The molecular weight excluding hydrogens is 358 g/mol. The third-order valence-electron chi connectivity index (χ3n) is 3.93. The minimum Gasteiger partial charge on any atom is -0.461 e. The van der Waals surface area contributed by atoms with Crippen LogP contribution in [0.15, 0.2) is 42.6 Å². The fourth-order valence-electron chi connectivity index (χ4n) is 2.73. The maximum atomic E-state index is 12.4. The molecule has 1 amide bonds. The Labute approximate surface area is 162 Å². The van der Waals surface area contributed by atoms with E-state index in [1.807, 2.05) is 6.07 Å². The third-order valence-corrected chi connectivity index (χ3v) is 3.93. The molecule has 1 aromatic carbocycles. The second-order valence-corrected chi connectivity index (χ2v) is 6.75. The van der Waals surface area contributed by atoms with Crippen LogP contribution >= 0.6 is 0 Å². The Balaban J connectivity index is 1.72. The number of hydrogen-bond acceptors (Lipinski definition) is 5. The van der Waals surface area contributed by atoms with Gasteiger partial charge in [-0.25, -0.2) is 9.48 Å². The van der Waals surface area contributed by atoms with E-state index in [9.17, 15) is 9.59 Å². The molecule has 8 heteroatoms. The number of benzene rings is 1. The van der Waals surface area contributed by atoms with Crippen LogP contribution in [0.2, 0.25) is 0 Å². The Morgan fingerprint density at radius 1 is 1.21 bits per heavy atom. The smallest absolute Gasteiger partial charge is 0.358 e. The van der Waals surface area contributed by atoms with Gasteiger partial charge in [-0.15, -0.1) is 0 Å². The van der Waals surface area contributed by atoms with E-state index < -0.39 is 5.97 Å². The van der Waals surface area contributed by atoms with Crippen molar-refractivity contribution in [3.8, 4) is 5.69 Å². The Morgan fingerprint density at radius 2 is 2.04 bits per heavy atom. The van der Waals surface area contributed by atoms with Crippen molar-refractivity contribution in [3.05, 3.63) is 59.7 Å². The van der Waals surface area contributed by atoms with Crippen LogP contribution in [0.3, 0.4) is 0 Å². The molecule has 8 nitrogen and oxygen atoms in total. The number of nitrogens with zero attached hydrogens (tertiary/aromatic N) is 3. The van der Waals surface area contributed by atoms with E-state index >= 15 is 0 Å². The molecule has 0 saturated heterocycles. The third kappa shape index (κ3) is 4.64. The molecular formula is C20H23N5O3. The Bertz CT molecular complexity index is 974. The van der Waals surface area contributed by atoms with Gasteiger partial charge in [0.25, 0.3) is 5.91 Å². The highest BCUT2D eigenvalue weighted by Crippen LogP contribution is 2.16. The Morgan fingerprint density at radius 3 is 2.79 bits per heavy atom. The van der Waals surface area contributed by atoms with Gasteiger partial charge < -0.3 is 10.1 Å². The van der Waals surface area contributed by atoms with E-state index in [2.05, 4.69) is 34.5 Å². The number of carbonyl (C=O) groups is 2. The lowest BCUT2D eigenvalue weighted by molar-refractivity contribution is 0.0519. The molecule has 146 valence electrons. The van der Waals surface area contributed by atoms with E-state index in [1.165, 1.54) is 0 Å². The van der Waals surface area contributed by atoms with Crippen molar-refractivity contribution in [2.75, 3.05) is 11.9 Å². The summed E-state index contributed by atoms with van der Waals surface area (Å²) in [5.41, 5.74) is 2.80. The maximum absolute atomic E-state index is 12.4. The number of amides is 1. The summed E-state index contributed by atoms with van der Waals surface area (Å²) in [6.45, 7) is 6.24. The highest BCUT2D eigenvalue weighted by Gasteiger charge is 2.13. The Hall–Kier alpha value is -3.42. The largest absolute Gasteiger partial charge is 0.461 e.